The largest absolute Gasteiger partial charge is 0.478 e. The van der Waals surface area contributed by atoms with E-state index in [0.29, 0.717) is 11.3 Å². The molecule has 0 saturated heterocycles. The molecule has 0 bridgehead atoms. The lowest BCUT2D eigenvalue weighted by Gasteiger charge is -2.18. The highest BCUT2D eigenvalue weighted by Gasteiger charge is 2.23. The Balaban J connectivity index is 1.98. The second-order valence-electron chi connectivity index (χ2n) is 5.38. The van der Waals surface area contributed by atoms with Gasteiger partial charge in [-0.15, -0.1) is 0 Å². The fourth-order valence-corrected chi connectivity index (χ4v) is 2.69. The van der Waals surface area contributed by atoms with Crippen molar-refractivity contribution in [3.8, 4) is 6.07 Å². The van der Waals surface area contributed by atoms with E-state index >= 15 is 0 Å². The highest BCUT2D eigenvalue weighted by molar-refractivity contribution is 5.91. The van der Waals surface area contributed by atoms with E-state index in [1.165, 1.54) is 12.1 Å². The van der Waals surface area contributed by atoms with Gasteiger partial charge in [-0.2, -0.15) is 5.26 Å². The van der Waals surface area contributed by atoms with Crippen molar-refractivity contribution in [1.82, 2.24) is 4.98 Å². The Morgan fingerprint density at radius 1 is 1.35 bits per heavy atom. The summed E-state index contributed by atoms with van der Waals surface area (Å²) >= 11 is 0. The van der Waals surface area contributed by atoms with Gasteiger partial charge in [0.05, 0.1) is 11.6 Å². The maximum Gasteiger partial charge on any atom is 0.335 e. The summed E-state index contributed by atoms with van der Waals surface area (Å²) in [6.45, 7) is 0. The van der Waals surface area contributed by atoms with E-state index in [2.05, 4.69) is 10.3 Å². The maximum absolute atomic E-state index is 12.2. The maximum atomic E-state index is 12.2. The molecular formula is C17H13N3O3. The van der Waals surface area contributed by atoms with Gasteiger partial charge in [0.2, 0.25) is 0 Å². The molecule has 1 aliphatic heterocycles. The summed E-state index contributed by atoms with van der Waals surface area (Å²) < 4.78 is 0. The zero-order chi connectivity index (χ0) is 16.4. The number of pyridine rings is 1. The van der Waals surface area contributed by atoms with Crippen molar-refractivity contribution in [2.24, 2.45) is 0 Å². The SMILES string of the molecule is N#Cc1cc(C2CC(=O)Cc3cc(C(=O)O)ccc3N2)ccn1. The summed E-state index contributed by atoms with van der Waals surface area (Å²) in [7, 11) is 0. The first-order valence-corrected chi connectivity index (χ1v) is 7.07. The normalized spacial score (nSPS) is 16.7. The zero-order valence-corrected chi connectivity index (χ0v) is 12.1. The molecule has 0 saturated carbocycles. The molecule has 114 valence electrons. The van der Waals surface area contributed by atoms with Crippen molar-refractivity contribution in [2.45, 2.75) is 18.9 Å². The van der Waals surface area contributed by atoms with Crippen molar-refractivity contribution < 1.29 is 14.7 Å². The lowest BCUT2D eigenvalue weighted by molar-refractivity contribution is -0.118. The molecule has 23 heavy (non-hydrogen) atoms. The summed E-state index contributed by atoms with van der Waals surface area (Å²) in [6, 6.07) is 9.85. The number of rotatable bonds is 2. The van der Waals surface area contributed by atoms with Crippen LogP contribution in [0.2, 0.25) is 0 Å². The summed E-state index contributed by atoms with van der Waals surface area (Å²) in [5.74, 6) is -1.01. The number of Topliss-reactive ketones (excluding diaryl/α,β-unsaturated/α-hetero) is 1. The first kappa shape index (κ1) is 14.7. The summed E-state index contributed by atoms with van der Waals surface area (Å²) in [4.78, 5) is 27.2. The monoisotopic (exact) mass is 307 g/mol. The van der Waals surface area contributed by atoms with Crippen LogP contribution >= 0.6 is 0 Å². The molecular weight excluding hydrogens is 294 g/mol. The Kier molecular flexibility index (Phi) is 3.77. The Bertz CT molecular complexity index is 839. The van der Waals surface area contributed by atoms with E-state index in [1.807, 2.05) is 6.07 Å². The first-order valence-electron chi connectivity index (χ1n) is 7.07. The van der Waals surface area contributed by atoms with Crippen molar-refractivity contribution >= 4 is 17.4 Å². The number of ketones is 1. The third-order valence-electron chi connectivity index (χ3n) is 3.80. The van der Waals surface area contributed by atoms with Crippen LogP contribution in [-0.4, -0.2) is 21.8 Å². The summed E-state index contributed by atoms with van der Waals surface area (Å²) in [6.07, 6.45) is 2.00. The van der Waals surface area contributed by atoms with Crippen LogP contribution in [0.1, 0.15) is 39.6 Å². The Morgan fingerprint density at radius 2 is 2.17 bits per heavy atom. The summed E-state index contributed by atoms with van der Waals surface area (Å²) in [5.41, 5.74) is 2.67. The number of nitrogens with zero attached hydrogens (tertiary/aromatic N) is 2. The van der Waals surface area contributed by atoms with Crippen LogP contribution in [-0.2, 0) is 11.2 Å². The molecule has 1 aliphatic rings. The van der Waals surface area contributed by atoms with E-state index in [9.17, 15) is 9.59 Å². The number of carboxylic acid groups (broad SMARTS) is 1. The van der Waals surface area contributed by atoms with Crippen molar-refractivity contribution in [3.63, 3.8) is 0 Å². The molecule has 6 nitrogen and oxygen atoms in total. The van der Waals surface area contributed by atoms with Gasteiger partial charge in [-0.25, -0.2) is 9.78 Å². The zero-order valence-electron chi connectivity index (χ0n) is 12.1. The second-order valence-corrected chi connectivity index (χ2v) is 5.38. The van der Waals surface area contributed by atoms with Crippen LogP contribution in [0.25, 0.3) is 0 Å². The molecule has 0 fully saturated rings. The number of aromatic nitrogens is 1. The third kappa shape index (κ3) is 3.04. The predicted molar refractivity (Wildman–Crippen MR) is 82.0 cm³/mol. The number of fused-ring (bicyclic) bond motifs is 1. The number of hydrogen-bond acceptors (Lipinski definition) is 5. The average Bonchev–Trinajstić information content (AvgIpc) is 2.72. The molecule has 0 amide bonds. The first-order chi connectivity index (χ1) is 11.1. The van der Waals surface area contributed by atoms with E-state index in [4.69, 9.17) is 10.4 Å². The number of aromatic carboxylic acids is 1. The van der Waals surface area contributed by atoms with Crippen LogP contribution in [0.4, 0.5) is 5.69 Å². The minimum absolute atomic E-state index is 0.0131. The highest BCUT2D eigenvalue weighted by Crippen LogP contribution is 2.30. The van der Waals surface area contributed by atoms with Crippen LogP contribution in [0, 0.1) is 11.3 Å². The van der Waals surface area contributed by atoms with Gasteiger partial charge >= 0.3 is 5.97 Å². The van der Waals surface area contributed by atoms with E-state index in [1.54, 1.807) is 24.4 Å². The fourth-order valence-electron chi connectivity index (χ4n) is 2.69. The number of benzene rings is 1. The topological polar surface area (TPSA) is 103 Å². The predicted octanol–water partition coefficient (Wildman–Crippen LogP) is 2.32. The lowest BCUT2D eigenvalue weighted by Crippen LogP contribution is -2.13. The molecule has 1 aromatic carbocycles. The van der Waals surface area contributed by atoms with E-state index in [-0.39, 0.29) is 30.2 Å². The lowest BCUT2D eigenvalue weighted by atomic mass is 10.0. The number of carboxylic acids is 1. The number of nitrogens with one attached hydrogen (secondary N) is 1. The molecule has 2 heterocycles. The minimum Gasteiger partial charge on any atom is -0.478 e. The van der Waals surface area contributed by atoms with Gasteiger partial charge in [0.1, 0.15) is 17.5 Å². The van der Waals surface area contributed by atoms with Gasteiger partial charge in [-0.1, -0.05) is 0 Å². The van der Waals surface area contributed by atoms with E-state index < -0.39 is 5.97 Å². The van der Waals surface area contributed by atoms with Gasteiger partial charge in [-0.05, 0) is 41.5 Å². The van der Waals surface area contributed by atoms with Crippen LogP contribution in [0.5, 0.6) is 0 Å². The molecule has 1 aromatic heterocycles. The molecule has 1 unspecified atom stereocenters. The molecule has 3 rings (SSSR count). The van der Waals surface area contributed by atoms with Gasteiger partial charge < -0.3 is 10.4 Å². The van der Waals surface area contributed by atoms with E-state index in [0.717, 1.165) is 11.3 Å². The van der Waals surface area contributed by atoms with Gasteiger partial charge in [0, 0.05) is 24.7 Å². The smallest absolute Gasteiger partial charge is 0.335 e. The molecule has 1 atom stereocenters. The standard InChI is InChI=1S/C17H13N3O3/c18-9-13-6-10(3-4-19-13)16-8-14(21)7-12-5-11(17(22)23)1-2-15(12)20-16/h1-6,16,20H,7-8H2,(H,22,23). The molecule has 6 heteroatoms. The Morgan fingerprint density at radius 3 is 2.91 bits per heavy atom. The van der Waals surface area contributed by atoms with Crippen LogP contribution < -0.4 is 5.32 Å². The molecule has 2 aromatic rings. The number of anilines is 1. The quantitative estimate of drug-likeness (QED) is 0.882. The van der Waals surface area contributed by atoms with Crippen LogP contribution in [0.15, 0.2) is 36.5 Å². The average molecular weight is 307 g/mol. The summed E-state index contributed by atoms with van der Waals surface area (Å²) in [5, 5.41) is 21.3. The van der Waals surface area contributed by atoms with Gasteiger partial charge in [0.15, 0.2) is 0 Å². The van der Waals surface area contributed by atoms with Crippen molar-refractivity contribution in [1.29, 1.82) is 5.26 Å². The Hall–Kier alpha value is -3.20. The second kappa shape index (κ2) is 5.89. The fraction of sp³-hybridized carbons (Fsp3) is 0.176. The number of nitriles is 1. The number of hydrogen-bond donors (Lipinski definition) is 2. The van der Waals surface area contributed by atoms with Gasteiger partial charge in [0.25, 0.3) is 0 Å². The molecule has 0 aliphatic carbocycles. The minimum atomic E-state index is -1.02. The Labute approximate surface area is 132 Å². The third-order valence-corrected chi connectivity index (χ3v) is 3.80. The number of carbonyl (C=O) groups excluding carboxylic acids is 1. The van der Waals surface area contributed by atoms with Crippen molar-refractivity contribution in [3.05, 3.63) is 58.9 Å². The molecule has 0 spiro atoms. The van der Waals surface area contributed by atoms with Gasteiger partial charge in [-0.3, -0.25) is 4.79 Å². The molecule has 0 radical (unpaired) electrons. The van der Waals surface area contributed by atoms with Crippen LogP contribution in [0.3, 0.4) is 0 Å². The van der Waals surface area contributed by atoms with Crippen molar-refractivity contribution in [2.75, 3.05) is 5.32 Å². The number of carbonyl (C=O) groups is 2. The highest BCUT2D eigenvalue weighted by atomic mass is 16.4. The molecule has 2 N–H and O–H groups in total.